The second-order valence-corrected chi connectivity index (χ2v) is 6.08. The third kappa shape index (κ3) is 3.92. The van der Waals surface area contributed by atoms with Gasteiger partial charge in [0.2, 0.25) is 0 Å². The maximum Gasteiger partial charge on any atom is 0.340 e. The summed E-state index contributed by atoms with van der Waals surface area (Å²) in [7, 11) is -1.80. The van der Waals surface area contributed by atoms with Crippen LogP contribution < -0.4 is 11.1 Å². The summed E-state index contributed by atoms with van der Waals surface area (Å²) in [5.41, 5.74) is 6.79. The van der Waals surface area contributed by atoms with Gasteiger partial charge in [-0.05, 0) is 12.1 Å². The van der Waals surface area contributed by atoms with Gasteiger partial charge in [-0.15, -0.1) is 0 Å². The van der Waals surface area contributed by atoms with E-state index in [1.54, 1.807) is 18.2 Å². The fourth-order valence-corrected chi connectivity index (χ4v) is 1.88. The minimum atomic E-state index is -3.07. The Morgan fingerprint density at radius 3 is 2.67 bits per heavy atom. The van der Waals surface area contributed by atoms with Gasteiger partial charge in [0, 0.05) is 12.8 Å². The van der Waals surface area contributed by atoms with Gasteiger partial charge in [-0.3, -0.25) is 0 Å². The minimum absolute atomic E-state index is 0.0397. The van der Waals surface area contributed by atoms with E-state index in [2.05, 4.69) is 10.1 Å². The van der Waals surface area contributed by atoms with Crippen molar-refractivity contribution in [3.63, 3.8) is 0 Å². The molecule has 1 aromatic carbocycles. The molecule has 0 aliphatic heterocycles. The Labute approximate surface area is 106 Å². The Morgan fingerprint density at radius 2 is 2.11 bits per heavy atom. The number of ether oxygens (including phenoxy) is 1. The Hall–Kier alpha value is -1.76. The number of anilines is 2. The fraction of sp³-hybridized carbons (Fsp3) is 0.364. The first kappa shape index (κ1) is 14.3. The van der Waals surface area contributed by atoms with Crippen molar-refractivity contribution in [3.05, 3.63) is 23.8 Å². The zero-order chi connectivity index (χ0) is 13.8. The minimum Gasteiger partial charge on any atom is -0.465 e. The van der Waals surface area contributed by atoms with Crippen molar-refractivity contribution in [2.24, 2.45) is 0 Å². The molecule has 1 rings (SSSR count). The van der Waals surface area contributed by atoms with Crippen molar-refractivity contribution < 1.29 is 17.9 Å². The van der Waals surface area contributed by atoms with Crippen LogP contribution in [0.15, 0.2) is 18.2 Å². The quantitative estimate of drug-likeness (QED) is 0.598. The number of carbonyl (C=O) groups is 1. The van der Waals surface area contributed by atoms with Crippen LogP contribution in [0, 0.1) is 0 Å². The molecule has 0 spiro atoms. The molecule has 0 aliphatic carbocycles. The lowest BCUT2D eigenvalue weighted by Crippen LogP contribution is -2.17. The van der Waals surface area contributed by atoms with Gasteiger partial charge in [-0.1, -0.05) is 6.07 Å². The summed E-state index contributed by atoms with van der Waals surface area (Å²) >= 11 is 0. The first-order valence-corrected chi connectivity index (χ1v) is 7.29. The predicted molar refractivity (Wildman–Crippen MR) is 70.4 cm³/mol. The van der Waals surface area contributed by atoms with E-state index in [0.29, 0.717) is 11.4 Å². The van der Waals surface area contributed by atoms with Gasteiger partial charge in [-0.25, -0.2) is 13.2 Å². The molecule has 0 atom stereocenters. The standard InChI is InChI=1S/C11H16N2O4S/c1-17-11(14)8-4-3-5-9(12)10(8)13-6-7-18(2,15)16/h3-5,13H,6-7,12H2,1-2H3. The molecule has 18 heavy (non-hydrogen) atoms. The maximum atomic E-state index is 11.5. The summed E-state index contributed by atoms with van der Waals surface area (Å²) < 4.78 is 26.7. The van der Waals surface area contributed by atoms with E-state index in [1.807, 2.05) is 0 Å². The molecule has 7 heteroatoms. The number of esters is 1. The van der Waals surface area contributed by atoms with E-state index < -0.39 is 15.8 Å². The highest BCUT2D eigenvalue weighted by atomic mass is 32.2. The van der Waals surface area contributed by atoms with Gasteiger partial charge in [0.15, 0.2) is 0 Å². The summed E-state index contributed by atoms with van der Waals surface area (Å²) in [5.74, 6) is -0.564. The molecule has 6 nitrogen and oxygen atoms in total. The molecule has 100 valence electrons. The molecule has 0 bridgehead atoms. The molecule has 3 N–H and O–H groups in total. The molecular formula is C11H16N2O4S. The van der Waals surface area contributed by atoms with E-state index in [1.165, 1.54) is 7.11 Å². The van der Waals surface area contributed by atoms with Crippen LogP contribution in [-0.2, 0) is 14.6 Å². The number of rotatable bonds is 5. The van der Waals surface area contributed by atoms with Crippen molar-refractivity contribution >= 4 is 27.2 Å². The Kier molecular flexibility index (Phi) is 4.55. The van der Waals surface area contributed by atoms with E-state index in [-0.39, 0.29) is 17.9 Å². The first-order chi connectivity index (χ1) is 8.35. The number of benzene rings is 1. The molecule has 0 aliphatic rings. The van der Waals surface area contributed by atoms with Gasteiger partial charge in [-0.2, -0.15) is 0 Å². The number of hydrogen-bond acceptors (Lipinski definition) is 6. The van der Waals surface area contributed by atoms with Gasteiger partial charge in [0.1, 0.15) is 9.84 Å². The van der Waals surface area contributed by atoms with Crippen LogP contribution in [0.2, 0.25) is 0 Å². The van der Waals surface area contributed by atoms with Crippen molar-refractivity contribution in [1.29, 1.82) is 0 Å². The number of nitrogen functional groups attached to an aromatic ring is 1. The zero-order valence-electron chi connectivity index (χ0n) is 10.3. The molecule has 0 saturated carbocycles. The number of methoxy groups -OCH3 is 1. The van der Waals surface area contributed by atoms with Crippen LogP contribution in [0.3, 0.4) is 0 Å². The van der Waals surface area contributed by atoms with Crippen molar-refractivity contribution in [2.45, 2.75) is 0 Å². The zero-order valence-corrected chi connectivity index (χ0v) is 11.1. The average molecular weight is 272 g/mol. The highest BCUT2D eigenvalue weighted by Crippen LogP contribution is 2.23. The number of hydrogen-bond donors (Lipinski definition) is 2. The van der Waals surface area contributed by atoms with Gasteiger partial charge in [0.05, 0.1) is 29.8 Å². The van der Waals surface area contributed by atoms with E-state index in [9.17, 15) is 13.2 Å². The summed E-state index contributed by atoms with van der Waals surface area (Å²) in [6.07, 6.45) is 1.14. The van der Waals surface area contributed by atoms with Gasteiger partial charge >= 0.3 is 5.97 Å². The summed E-state index contributed by atoms with van der Waals surface area (Å²) in [6.45, 7) is 0.178. The molecule has 0 saturated heterocycles. The second-order valence-electron chi connectivity index (χ2n) is 3.82. The molecule has 1 aromatic rings. The maximum absolute atomic E-state index is 11.5. The molecule has 0 radical (unpaired) electrons. The van der Waals surface area contributed by atoms with E-state index in [4.69, 9.17) is 5.73 Å². The number of nitrogens with one attached hydrogen (secondary N) is 1. The third-order valence-corrected chi connectivity index (χ3v) is 3.22. The van der Waals surface area contributed by atoms with Crippen molar-refractivity contribution in [1.82, 2.24) is 0 Å². The lowest BCUT2D eigenvalue weighted by Gasteiger charge is -2.12. The molecule has 0 amide bonds. The topological polar surface area (TPSA) is 98.5 Å². The van der Waals surface area contributed by atoms with Crippen LogP contribution in [-0.4, -0.2) is 40.1 Å². The van der Waals surface area contributed by atoms with Gasteiger partial charge in [0.25, 0.3) is 0 Å². The van der Waals surface area contributed by atoms with Crippen LogP contribution in [0.5, 0.6) is 0 Å². The number of carbonyl (C=O) groups excluding carboxylic acids is 1. The molecule has 0 aromatic heterocycles. The average Bonchev–Trinajstić information content (AvgIpc) is 2.28. The Bertz CT molecular complexity index is 540. The van der Waals surface area contributed by atoms with Crippen molar-refractivity contribution in [2.75, 3.05) is 36.7 Å². The van der Waals surface area contributed by atoms with E-state index >= 15 is 0 Å². The highest BCUT2D eigenvalue weighted by molar-refractivity contribution is 7.90. The first-order valence-electron chi connectivity index (χ1n) is 5.23. The second kappa shape index (κ2) is 5.72. The summed E-state index contributed by atoms with van der Waals surface area (Å²) in [6, 6.07) is 4.81. The van der Waals surface area contributed by atoms with Crippen LogP contribution in [0.25, 0.3) is 0 Å². The Morgan fingerprint density at radius 1 is 1.44 bits per heavy atom. The third-order valence-electron chi connectivity index (χ3n) is 2.28. The smallest absolute Gasteiger partial charge is 0.340 e. The van der Waals surface area contributed by atoms with Gasteiger partial charge < -0.3 is 15.8 Å². The van der Waals surface area contributed by atoms with Crippen LogP contribution in [0.4, 0.5) is 11.4 Å². The lowest BCUT2D eigenvalue weighted by molar-refractivity contribution is 0.0602. The lowest BCUT2D eigenvalue weighted by atomic mass is 10.1. The van der Waals surface area contributed by atoms with Crippen LogP contribution >= 0.6 is 0 Å². The number of nitrogens with two attached hydrogens (primary N) is 1. The number of para-hydroxylation sites is 1. The normalized spacial score (nSPS) is 11.0. The van der Waals surface area contributed by atoms with Crippen molar-refractivity contribution in [3.8, 4) is 0 Å². The predicted octanol–water partition coefficient (Wildman–Crippen LogP) is 0.512. The highest BCUT2D eigenvalue weighted by Gasteiger charge is 2.14. The summed E-state index contributed by atoms with van der Waals surface area (Å²) in [4.78, 5) is 11.5. The van der Waals surface area contributed by atoms with Crippen LogP contribution in [0.1, 0.15) is 10.4 Å². The monoisotopic (exact) mass is 272 g/mol. The fourth-order valence-electron chi connectivity index (χ4n) is 1.41. The molecule has 0 unspecified atom stereocenters. The molecule has 0 heterocycles. The molecular weight excluding hydrogens is 256 g/mol. The SMILES string of the molecule is COC(=O)c1cccc(N)c1NCCS(C)(=O)=O. The largest absolute Gasteiger partial charge is 0.465 e. The Balaban J connectivity index is 2.90. The summed E-state index contributed by atoms with van der Waals surface area (Å²) in [5, 5.41) is 2.85. The molecule has 0 fully saturated rings. The number of sulfone groups is 1. The van der Waals surface area contributed by atoms with E-state index in [0.717, 1.165) is 6.26 Å².